The van der Waals surface area contributed by atoms with Gasteiger partial charge >= 0.3 is 0 Å². The molecule has 3 nitrogen and oxygen atoms in total. The largest absolute Gasteiger partial charge is 0.264 e. The number of benzene rings is 1. The summed E-state index contributed by atoms with van der Waals surface area (Å²) in [7, 11) is -3.48. The maximum Gasteiger partial charge on any atom is 0.264 e. The van der Waals surface area contributed by atoms with Crippen molar-refractivity contribution in [3.63, 3.8) is 0 Å². The Labute approximate surface area is 95.9 Å². The standard InChI is InChI=1S/C7H4ClNO2S3/c8-4-1-2-6-5(3-4)13-7(12)9-14(6,10)11/h1-3H,(H,9,12). The maximum absolute atomic E-state index is 11.5. The molecule has 74 valence electrons. The minimum Gasteiger partial charge on any atom is -0.264 e. The van der Waals surface area contributed by atoms with Crippen molar-refractivity contribution >= 4 is 49.9 Å². The summed E-state index contributed by atoms with van der Waals surface area (Å²) in [4.78, 5) is 0.793. The molecule has 0 aromatic heterocycles. The fraction of sp³-hybridized carbons (Fsp3) is 0. The van der Waals surface area contributed by atoms with Gasteiger partial charge in [0.2, 0.25) is 0 Å². The Bertz CT molecular complexity index is 512. The van der Waals surface area contributed by atoms with Crippen LogP contribution in [0.5, 0.6) is 0 Å². The second-order valence-corrected chi connectivity index (χ2v) is 6.39. The Balaban J connectivity index is 2.69. The van der Waals surface area contributed by atoms with Crippen LogP contribution in [0.1, 0.15) is 0 Å². The molecule has 2 rings (SSSR count). The summed E-state index contributed by atoms with van der Waals surface area (Å²) >= 11 is 11.7. The van der Waals surface area contributed by atoms with Gasteiger partial charge in [-0.1, -0.05) is 35.6 Å². The zero-order valence-electron chi connectivity index (χ0n) is 6.65. The van der Waals surface area contributed by atoms with Crippen LogP contribution < -0.4 is 4.72 Å². The first kappa shape index (κ1) is 10.2. The summed E-state index contributed by atoms with van der Waals surface area (Å²) in [6.45, 7) is 0. The highest BCUT2D eigenvalue weighted by molar-refractivity contribution is 8.24. The van der Waals surface area contributed by atoms with Crippen molar-refractivity contribution in [2.45, 2.75) is 9.79 Å². The molecule has 0 saturated carbocycles. The Morgan fingerprint density at radius 1 is 1.43 bits per heavy atom. The van der Waals surface area contributed by atoms with Crippen molar-refractivity contribution in [1.82, 2.24) is 4.72 Å². The number of sulfonamides is 1. The molecule has 0 aliphatic carbocycles. The minimum atomic E-state index is -3.48. The fourth-order valence-electron chi connectivity index (χ4n) is 1.07. The second-order valence-electron chi connectivity index (χ2n) is 2.59. The van der Waals surface area contributed by atoms with Crippen LogP contribution in [0.4, 0.5) is 0 Å². The van der Waals surface area contributed by atoms with E-state index in [0.29, 0.717) is 9.92 Å². The van der Waals surface area contributed by atoms with E-state index >= 15 is 0 Å². The number of thiocarbonyl (C=S) groups is 1. The van der Waals surface area contributed by atoms with Crippen molar-refractivity contribution < 1.29 is 8.42 Å². The molecule has 1 aliphatic rings. The summed E-state index contributed by atoms with van der Waals surface area (Å²) in [5.41, 5.74) is 0. The second kappa shape index (κ2) is 3.37. The van der Waals surface area contributed by atoms with E-state index in [-0.39, 0.29) is 9.22 Å². The number of fused-ring (bicyclic) bond motifs is 1. The summed E-state index contributed by atoms with van der Waals surface area (Å²) < 4.78 is 25.6. The van der Waals surface area contributed by atoms with Crippen LogP contribution in [0.25, 0.3) is 0 Å². The maximum atomic E-state index is 11.5. The first-order chi connectivity index (χ1) is 6.49. The van der Waals surface area contributed by atoms with E-state index in [1.807, 2.05) is 0 Å². The van der Waals surface area contributed by atoms with Gasteiger partial charge in [-0.2, -0.15) is 0 Å². The van der Waals surface area contributed by atoms with E-state index in [1.165, 1.54) is 23.9 Å². The van der Waals surface area contributed by atoms with Crippen LogP contribution in [-0.2, 0) is 10.0 Å². The quantitative estimate of drug-likeness (QED) is 0.729. The van der Waals surface area contributed by atoms with Gasteiger partial charge < -0.3 is 0 Å². The van der Waals surface area contributed by atoms with Gasteiger partial charge in [-0.15, -0.1) is 0 Å². The summed E-state index contributed by atoms with van der Waals surface area (Å²) in [5.74, 6) is 0. The van der Waals surface area contributed by atoms with Gasteiger partial charge in [-0.3, -0.25) is 4.72 Å². The Kier molecular flexibility index (Phi) is 2.46. The van der Waals surface area contributed by atoms with Gasteiger partial charge in [0.25, 0.3) is 10.0 Å². The highest BCUT2D eigenvalue weighted by Gasteiger charge is 2.26. The van der Waals surface area contributed by atoms with Gasteiger partial charge in [-0.25, -0.2) is 8.42 Å². The smallest absolute Gasteiger partial charge is 0.264 e. The van der Waals surface area contributed by atoms with Crippen molar-refractivity contribution in [2.75, 3.05) is 0 Å². The summed E-state index contributed by atoms with van der Waals surface area (Å²) in [5, 5.41) is 0.496. The molecule has 0 atom stereocenters. The van der Waals surface area contributed by atoms with Crippen molar-refractivity contribution in [3.05, 3.63) is 23.2 Å². The number of rotatable bonds is 0. The predicted octanol–water partition coefficient (Wildman–Crippen LogP) is 2.01. The molecule has 1 aliphatic heterocycles. The highest BCUT2D eigenvalue weighted by atomic mass is 35.5. The van der Waals surface area contributed by atoms with Gasteiger partial charge in [-0.05, 0) is 18.2 Å². The molecule has 0 bridgehead atoms. The lowest BCUT2D eigenvalue weighted by Gasteiger charge is -2.17. The summed E-state index contributed by atoms with van der Waals surface area (Å²) in [6.07, 6.45) is 0. The van der Waals surface area contributed by atoms with E-state index < -0.39 is 10.0 Å². The number of halogens is 1. The van der Waals surface area contributed by atoms with E-state index in [9.17, 15) is 8.42 Å². The Hall–Kier alpha value is -0.300. The SMILES string of the molecule is O=S1(=O)NC(=S)Sc2cc(Cl)ccc21. The molecule has 14 heavy (non-hydrogen) atoms. The van der Waals surface area contributed by atoms with Gasteiger partial charge in [0.15, 0.2) is 4.32 Å². The zero-order valence-corrected chi connectivity index (χ0v) is 9.86. The van der Waals surface area contributed by atoms with Crippen LogP contribution in [0.3, 0.4) is 0 Å². The topological polar surface area (TPSA) is 46.2 Å². The molecule has 0 amide bonds. The van der Waals surface area contributed by atoms with Crippen LogP contribution in [-0.4, -0.2) is 12.7 Å². The molecule has 0 spiro atoms. The normalized spacial score (nSPS) is 18.5. The first-order valence-electron chi connectivity index (χ1n) is 3.53. The Morgan fingerprint density at radius 2 is 2.14 bits per heavy atom. The predicted molar refractivity (Wildman–Crippen MR) is 60.2 cm³/mol. The average molecular weight is 266 g/mol. The third kappa shape index (κ3) is 1.75. The third-order valence-corrected chi connectivity index (χ3v) is 4.84. The van der Waals surface area contributed by atoms with E-state index in [4.69, 9.17) is 23.8 Å². The number of thioether (sulfide) groups is 1. The lowest BCUT2D eigenvalue weighted by atomic mass is 10.4. The first-order valence-corrected chi connectivity index (χ1v) is 6.62. The average Bonchev–Trinajstić information content (AvgIpc) is 2.00. The minimum absolute atomic E-state index is 0.222. The molecule has 1 aromatic carbocycles. The van der Waals surface area contributed by atoms with Crippen LogP contribution in [0.2, 0.25) is 5.02 Å². The monoisotopic (exact) mass is 265 g/mol. The molecule has 0 saturated heterocycles. The highest BCUT2D eigenvalue weighted by Crippen LogP contribution is 2.33. The molecular weight excluding hydrogens is 262 g/mol. The molecule has 0 unspecified atom stereocenters. The number of nitrogens with one attached hydrogen (secondary N) is 1. The lowest BCUT2D eigenvalue weighted by Crippen LogP contribution is -2.30. The van der Waals surface area contributed by atoms with E-state index in [0.717, 1.165) is 0 Å². The third-order valence-electron chi connectivity index (χ3n) is 1.62. The van der Waals surface area contributed by atoms with Gasteiger partial charge in [0.1, 0.15) is 4.90 Å². The zero-order chi connectivity index (χ0) is 10.3. The van der Waals surface area contributed by atoms with Crippen molar-refractivity contribution in [1.29, 1.82) is 0 Å². The molecule has 1 aromatic rings. The number of hydrogen-bond donors (Lipinski definition) is 1. The molecule has 1 heterocycles. The van der Waals surface area contributed by atoms with Gasteiger partial charge in [0, 0.05) is 9.92 Å². The van der Waals surface area contributed by atoms with E-state index in [1.54, 1.807) is 6.07 Å². The lowest BCUT2D eigenvalue weighted by molar-refractivity contribution is 0.590. The Morgan fingerprint density at radius 3 is 2.86 bits per heavy atom. The molecule has 7 heteroatoms. The van der Waals surface area contributed by atoms with E-state index in [2.05, 4.69) is 4.72 Å². The fourth-order valence-corrected chi connectivity index (χ4v) is 4.31. The molecular formula is C7H4ClNO2S3. The van der Waals surface area contributed by atoms with Crippen LogP contribution in [0, 0.1) is 0 Å². The molecule has 1 N–H and O–H groups in total. The van der Waals surface area contributed by atoms with Crippen LogP contribution in [0.15, 0.2) is 28.0 Å². The molecule has 0 fully saturated rings. The van der Waals surface area contributed by atoms with Crippen molar-refractivity contribution in [2.24, 2.45) is 0 Å². The van der Waals surface area contributed by atoms with Crippen molar-refractivity contribution in [3.8, 4) is 0 Å². The van der Waals surface area contributed by atoms with Crippen LogP contribution >= 0.6 is 35.6 Å². The van der Waals surface area contributed by atoms with Gasteiger partial charge in [0.05, 0.1) is 0 Å². The molecule has 0 radical (unpaired) electrons. The summed E-state index contributed by atoms with van der Waals surface area (Å²) in [6, 6.07) is 4.59. The number of hydrogen-bond acceptors (Lipinski definition) is 4.